The highest BCUT2D eigenvalue weighted by Crippen LogP contribution is 2.31. The second kappa shape index (κ2) is 4.75. The molecule has 0 aliphatic heterocycles. The number of amides is 1. The van der Waals surface area contributed by atoms with E-state index in [0.29, 0.717) is 12.5 Å². The maximum absolute atomic E-state index is 10.5. The number of hydrogen-bond acceptors (Lipinski definition) is 3. The van der Waals surface area contributed by atoms with Crippen LogP contribution in [-0.2, 0) is 4.79 Å². The highest BCUT2D eigenvalue weighted by molar-refractivity contribution is 5.75. The quantitative estimate of drug-likeness (QED) is 0.598. The van der Waals surface area contributed by atoms with Crippen LogP contribution in [0.1, 0.15) is 32.6 Å². The second-order valence-corrected chi connectivity index (χ2v) is 4.50. The number of hydrogen-bond donors (Lipinski definition) is 3. The van der Waals surface area contributed by atoms with E-state index in [2.05, 4.69) is 12.2 Å². The molecule has 1 saturated carbocycles. The summed E-state index contributed by atoms with van der Waals surface area (Å²) in [6.07, 6.45) is 3.90. The number of carbonyl (C=O) groups excluding carboxylic acids is 1. The monoisotopic (exact) mass is 200 g/mol. The first-order valence-corrected chi connectivity index (χ1v) is 5.23. The van der Waals surface area contributed by atoms with Crippen LogP contribution in [0.25, 0.3) is 0 Å². The van der Waals surface area contributed by atoms with Crippen molar-refractivity contribution in [2.24, 2.45) is 11.7 Å². The van der Waals surface area contributed by atoms with E-state index in [0.717, 1.165) is 19.3 Å². The van der Waals surface area contributed by atoms with Crippen LogP contribution in [0.3, 0.4) is 0 Å². The molecule has 4 nitrogen and oxygen atoms in total. The lowest BCUT2D eigenvalue weighted by Crippen LogP contribution is -2.45. The first-order valence-electron chi connectivity index (χ1n) is 5.23. The second-order valence-electron chi connectivity index (χ2n) is 4.50. The average molecular weight is 200 g/mol. The Labute approximate surface area is 84.9 Å². The molecule has 2 atom stereocenters. The van der Waals surface area contributed by atoms with Gasteiger partial charge >= 0.3 is 0 Å². The summed E-state index contributed by atoms with van der Waals surface area (Å²) in [6, 6.07) is 0. The van der Waals surface area contributed by atoms with Gasteiger partial charge in [-0.3, -0.25) is 4.79 Å². The lowest BCUT2D eigenvalue weighted by atomic mass is 9.79. The Morgan fingerprint density at radius 1 is 1.71 bits per heavy atom. The fraction of sp³-hybridized carbons (Fsp3) is 0.900. The molecule has 0 bridgehead atoms. The summed E-state index contributed by atoms with van der Waals surface area (Å²) in [5, 5.41) is 13.0. The van der Waals surface area contributed by atoms with Gasteiger partial charge in [0.05, 0.1) is 12.1 Å². The highest BCUT2D eigenvalue weighted by atomic mass is 16.3. The van der Waals surface area contributed by atoms with Crippen molar-refractivity contribution in [1.29, 1.82) is 0 Å². The molecular weight excluding hydrogens is 180 g/mol. The van der Waals surface area contributed by atoms with Gasteiger partial charge in [0.25, 0.3) is 0 Å². The topological polar surface area (TPSA) is 75.3 Å². The van der Waals surface area contributed by atoms with Gasteiger partial charge in [0, 0.05) is 6.54 Å². The molecule has 1 fully saturated rings. The van der Waals surface area contributed by atoms with Crippen LogP contribution < -0.4 is 11.1 Å². The Balaban J connectivity index is 2.29. The predicted molar refractivity (Wildman–Crippen MR) is 54.6 cm³/mol. The van der Waals surface area contributed by atoms with Crippen LogP contribution in [0.15, 0.2) is 0 Å². The molecule has 0 aromatic carbocycles. The van der Waals surface area contributed by atoms with Gasteiger partial charge in [-0.25, -0.2) is 0 Å². The molecule has 1 aliphatic rings. The summed E-state index contributed by atoms with van der Waals surface area (Å²) in [4.78, 5) is 10.5. The van der Waals surface area contributed by atoms with E-state index in [1.807, 2.05) is 0 Å². The lowest BCUT2D eigenvalue weighted by molar-refractivity contribution is -0.117. The summed E-state index contributed by atoms with van der Waals surface area (Å²) < 4.78 is 0. The first kappa shape index (κ1) is 11.5. The lowest BCUT2D eigenvalue weighted by Gasteiger charge is -2.35. The summed E-state index contributed by atoms with van der Waals surface area (Å²) in [7, 11) is 0. The minimum absolute atomic E-state index is 0.149. The molecule has 1 aliphatic carbocycles. The molecule has 2 unspecified atom stereocenters. The van der Waals surface area contributed by atoms with Crippen molar-refractivity contribution in [1.82, 2.24) is 5.32 Å². The predicted octanol–water partition coefficient (Wildman–Crippen LogP) is 0.00250. The normalized spacial score (nSPS) is 32.9. The third kappa shape index (κ3) is 3.64. The van der Waals surface area contributed by atoms with Crippen molar-refractivity contribution in [2.75, 3.05) is 13.1 Å². The van der Waals surface area contributed by atoms with Gasteiger partial charge in [0.15, 0.2) is 0 Å². The van der Waals surface area contributed by atoms with Crippen molar-refractivity contribution in [3.8, 4) is 0 Å². The Kier molecular flexibility index (Phi) is 3.89. The summed E-state index contributed by atoms with van der Waals surface area (Å²) in [6.45, 7) is 2.77. The Morgan fingerprint density at radius 3 is 3.00 bits per heavy atom. The average Bonchev–Trinajstić information content (AvgIpc) is 2.01. The van der Waals surface area contributed by atoms with Gasteiger partial charge in [-0.15, -0.1) is 0 Å². The smallest absolute Gasteiger partial charge is 0.231 e. The van der Waals surface area contributed by atoms with Crippen LogP contribution in [0.4, 0.5) is 0 Å². The molecule has 14 heavy (non-hydrogen) atoms. The first-order chi connectivity index (χ1) is 6.52. The van der Waals surface area contributed by atoms with Crippen molar-refractivity contribution >= 4 is 5.91 Å². The fourth-order valence-corrected chi connectivity index (χ4v) is 2.21. The molecule has 1 amide bonds. The zero-order chi connectivity index (χ0) is 10.6. The third-order valence-electron chi connectivity index (χ3n) is 2.82. The standard InChI is InChI=1S/C10H20N2O2/c1-8-3-2-4-10(14,5-8)7-12-6-9(11)13/h8,12,14H,2-7H2,1H3,(H2,11,13). The Morgan fingerprint density at radius 2 is 2.43 bits per heavy atom. The van der Waals surface area contributed by atoms with Crippen LogP contribution in [0, 0.1) is 5.92 Å². The summed E-state index contributed by atoms with van der Waals surface area (Å²) in [5.41, 5.74) is 4.36. The number of carbonyl (C=O) groups is 1. The minimum atomic E-state index is -0.632. The van der Waals surface area contributed by atoms with Gasteiger partial charge in [-0.05, 0) is 18.8 Å². The van der Waals surface area contributed by atoms with Gasteiger partial charge in [0.2, 0.25) is 5.91 Å². The maximum atomic E-state index is 10.5. The molecule has 0 spiro atoms. The van der Waals surface area contributed by atoms with Crippen LogP contribution in [0.5, 0.6) is 0 Å². The SMILES string of the molecule is CC1CCCC(O)(CNCC(N)=O)C1. The number of rotatable bonds is 4. The van der Waals surface area contributed by atoms with Gasteiger partial charge in [-0.2, -0.15) is 0 Å². The van der Waals surface area contributed by atoms with E-state index in [-0.39, 0.29) is 12.5 Å². The van der Waals surface area contributed by atoms with Crippen molar-refractivity contribution in [3.63, 3.8) is 0 Å². The molecule has 4 N–H and O–H groups in total. The zero-order valence-electron chi connectivity index (χ0n) is 8.75. The van der Waals surface area contributed by atoms with Gasteiger partial charge in [0.1, 0.15) is 0 Å². The van der Waals surface area contributed by atoms with Crippen molar-refractivity contribution in [3.05, 3.63) is 0 Å². The van der Waals surface area contributed by atoms with E-state index in [1.165, 1.54) is 6.42 Å². The molecule has 0 saturated heterocycles. The highest BCUT2D eigenvalue weighted by Gasteiger charge is 2.31. The van der Waals surface area contributed by atoms with Crippen LogP contribution in [0.2, 0.25) is 0 Å². The molecule has 0 heterocycles. The summed E-state index contributed by atoms with van der Waals surface area (Å²) >= 11 is 0. The molecular formula is C10H20N2O2. The zero-order valence-corrected chi connectivity index (χ0v) is 8.75. The number of aliphatic hydroxyl groups is 1. The molecule has 0 radical (unpaired) electrons. The Bertz CT molecular complexity index is 208. The maximum Gasteiger partial charge on any atom is 0.231 e. The molecule has 82 valence electrons. The van der Waals surface area contributed by atoms with E-state index < -0.39 is 5.60 Å². The Hall–Kier alpha value is -0.610. The largest absolute Gasteiger partial charge is 0.389 e. The fourth-order valence-electron chi connectivity index (χ4n) is 2.21. The van der Waals surface area contributed by atoms with E-state index >= 15 is 0 Å². The van der Waals surface area contributed by atoms with E-state index in [9.17, 15) is 9.90 Å². The van der Waals surface area contributed by atoms with Gasteiger partial charge in [-0.1, -0.05) is 19.8 Å². The van der Waals surface area contributed by atoms with Gasteiger partial charge < -0.3 is 16.2 Å². The van der Waals surface area contributed by atoms with Crippen molar-refractivity contribution in [2.45, 2.75) is 38.2 Å². The molecule has 1 rings (SSSR count). The van der Waals surface area contributed by atoms with Crippen LogP contribution in [-0.4, -0.2) is 29.7 Å². The number of nitrogens with two attached hydrogens (primary N) is 1. The third-order valence-corrected chi connectivity index (χ3v) is 2.82. The van der Waals surface area contributed by atoms with E-state index in [1.54, 1.807) is 0 Å². The number of nitrogens with one attached hydrogen (secondary N) is 1. The molecule has 0 aromatic rings. The molecule has 4 heteroatoms. The van der Waals surface area contributed by atoms with Crippen LogP contribution >= 0.6 is 0 Å². The van der Waals surface area contributed by atoms with E-state index in [4.69, 9.17) is 5.73 Å². The summed E-state index contributed by atoms with van der Waals surface area (Å²) in [5.74, 6) is 0.196. The minimum Gasteiger partial charge on any atom is -0.389 e. The molecule has 0 aromatic heterocycles. The number of primary amides is 1. The van der Waals surface area contributed by atoms with Crippen molar-refractivity contribution < 1.29 is 9.90 Å².